The van der Waals surface area contributed by atoms with E-state index in [2.05, 4.69) is 20.6 Å². The first-order valence-electron chi connectivity index (χ1n) is 13.6. The summed E-state index contributed by atoms with van der Waals surface area (Å²) < 4.78 is 19.8. The molecule has 2 aromatic heterocycles. The van der Waals surface area contributed by atoms with Crippen molar-refractivity contribution in [3.8, 4) is 16.2 Å². The predicted molar refractivity (Wildman–Crippen MR) is 146 cm³/mol. The fourth-order valence-corrected chi connectivity index (χ4v) is 5.89. The molecule has 0 bridgehead atoms. The maximum Gasteiger partial charge on any atom is 0.280 e. The zero-order chi connectivity index (χ0) is 27.3. The highest BCUT2D eigenvalue weighted by atomic mass is 32.1. The molecular weight excluding hydrogens is 509 g/mol. The summed E-state index contributed by atoms with van der Waals surface area (Å²) in [5.41, 5.74) is -0.131. The highest BCUT2D eigenvalue weighted by Gasteiger charge is 2.31. The van der Waals surface area contributed by atoms with E-state index in [0.29, 0.717) is 60.5 Å². The van der Waals surface area contributed by atoms with Crippen LogP contribution in [-0.4, -0.2) is 75.0 Å². The number of pyridine rings is 1. The normalized spacial score (nSPS) is 18.8. The van der Waals surface area contributed by atoms with Gasteiger partial charge in [-0.2, -0.15) is 0 Å². The lowest BCUT2D eigenvalue weighted by Gasteiger charge is -2.32. The van der Waals surface area contributed by atoms with Crippen LogP contribution in [0.1, 0.15) is 87.4 Å². The first-order chi connectivity index (χ1) is 18.1. The number of carbonyl (C=O) groups is 1. The Hall–Kier alpha value is -2.34. The van der Waals surface area contributed by atoms with Crippen molar-refractivity contribution in [2.24, 2.45) is 0 Å². The SMILES string of the molecule is CCOc1cc(NC2CCCCC2)ncc1-c1sc(C(=O)NCC(C)(C)O)nc1C(O)N1CCC(F)CC1. The minimum absolute atomic E-state index is 0.0515. The van der Waals surface area contributed by atoms with E-state index in [1.165, 1.54) is 19.3 Å². The first kappa shape index (κ1) is 28.7. The number of piperidine rings is 1. The molecule has 38 heavy (non-hydrogen) atoms. The van der Waals surface area contributed by atoms with Crippen LogP contribution in [0.3, 0.4) is 0 Å². The van der Waals surface area contributed by atoms with E-state index in [0.717, 1.165) is 30.0 Å². The molecule has 1 amide bonds. The van der Waals surface area contributed by atoms with Gasteiger partial charge in [0, 0.05) is 37.9 Å². The lowest BCUT2D eigenvalue weighted by Crippen LogP contribution is -2.38. The molecule has 0 aromatic carbocycles. The Morgan fingerprint density at radius 2 is 1.97 bits per heavy atom. The molecule has 0 spiro atoms. The van der Waals surface area contributed by atoms with Gasteiger partial charge in [0.25, 0.3) is 5.91 Å². The standard InChI is InChI=1S/C27H40FN5O4S/c1-4-37-20-14-21(31-18-8-6-5-7-9-18)29-15-19(20)23-22(26(35)33-12-10-17(28)11-13-33)32-25(38-23)24(34)30-16-27(2,3)36/h14-15,17-18,26,35-36H,4-13,16H2,1-3H3,(H,29,31)(H,30,34). The van der Waals surface area contributed by atoms with E-state index >= 15 is 0 Å². The highest BCUT2D eigenvalue weighted by molar-refractivity contribution is 7.17. The molecule has 210 valence electrons. The smallest absolute Gasteiger partial charge is 0.280 e. The fourth-order valence-electron chi connectivity index (χ4n) is 4.87. The number of anilines is 1. The monoisotopic (exact) mass is 549 g/mol. The number of nitrogens with zero attached hydrogens (tertiary/aromatic N) is 3. The molecule has 1 unspecified atom stereocenters. The molecule has 11 heteroatoms. The third-order valence-corrected chi connectivity index (χ3v) is 8.05. The van der Waals surface area contributed by atoms with Crippen molar-refractivity contribution < 1.29 is 24.1 Å². The van der Waals surface area contributed by atoms with E-state index in [4.69, 9.17) is 4.74 Å². The van der Waals surface area contributed by atoms with Gasteiger partial charge in [0.2, 0.25) is 0 Å². The second-order valence-electron chi connectivity index (χ2n) is 10.8. The van der Waals surface area contributed by atoms with Crippen LogP contribution in [-0.2, 0) is 0 Å². The van der Waals surface area contributed by atoms with Crippen LogP contribution < -0.4 is 15.4 Å². The van der Waals surface area contributed by atoms with Crippen molar-refractivity contribution in [3.05, 3.63) is 23.0 Å². The van der Waals surface area contributed by atoms with Crippen molar-refractivity contribution in [3.63, 3.8) is 0 Å². The Bertz CT molecular complexity index is 1080. The van der Waals surface area contributed by atoms with Crippen molar-refractivity contribution in [2.75, 3.05) is 31.6 Å². The second kappa shape index (κ2) is 12.7. The van der Waals surface area contributed by atoms with E-state index in [1.807, 2.05) is 13.0 Å². The molecule has 1 atom stereocenters. The topological polar surface area (TPSA) is 120 Å². The Morgan fingerprint density at radius 1 is 1.26 bits per heavy atom. The molecule has 2 aliphatic rings. The summed E-state index contributed by atoms with van der Waals surface area (Å²) in [6.07, 6.45) is 6.27. The number of alkyl halides is 1. The van der Waals surface area contributed by atoms with Crippen LogP contribution in [0.2, 0.25) is 0 Å². The Labute approximate surface area is 227 Å². The number of aliphatic hydroxyl groups excluding tert-OH is 1. The molecule has 2 fully saturated rings. The second-order valence-corrected chi connectivity index (χ2v) is 11.8. The van der Waals surface area contributed by atoms with Gasteiger partial charge in [0.15, 0.2) is 11.2 Å². The zero-order valence-corrected chi connectivity index (χ0v) is 23.3. The van der Waals surface area contributed by atoms with Crippen LogP contribution in [0.25, 0.3) is 10.4 Å². The number of nitrogens with one attached hydrogen (secondary N) is 2. The molecule has 0 radical (unpaired) electrons. The van der Waals surface area contributed by atoms with E-state index < -0.39 is 23.9 Å². The van der Waals surface area contributed by atoms with Crippen molar-refractivity contribution in [1.82, 2.24) is 20.2 Å². The van der Waals surface area contributed by atoms with Crippen LogP contribution in [0, 0.1) is 0 Å². The zero-order valence-electron chi connectivity index (χ0n) is 22.5. The highest BCUT2D eigenvalue weighted by Crippen LogP contribution is 2.41. The fraction of sp³-hybridized carbons (Fsp3) is 0.667. The molecule has 4 rings (SSSR count). The van der Waals surface area contributed by atoms with Gasteiger partial charge in [0.1, 0.15) is 23.4 Å². The number of carbonyl (C=O) groups excluding carboxylic acids is 1. The van der Waals surface area contributed by atoms with Gasteiger partial charge in [-0.15, -0.1) is 11.3 Å². The Balaban J connectivity index is 1.67. The quantitative estimate of drug-likeness (QED) is 0.347. The summed E-state index contributed by atoms with van der Waals surface area (Å²) in [7, 11) is 0. The average molecular weight is 550 g/mol. The largest absolute Gasteiger partial charge is 0.493 e. The van der Waals surface area contributed by atoms with E-state index in [1.54, 1.807) is 24.9 Å². The third kappa shape index (κ3) is 7.40. The number of aliphatic hydroxyl groups is 2. The number of hydrogen-bond donors (Lipinski definition) is 4. The Kier molecular flexibility index (Phi) is 9.56. The first-order valence-corrected chi connectivity index (χ1v) is 14.4. The third-order valence-electron chi connectivity index (χ3n) is 6.95. The molecule has 4 N–H and O–H groups in total. The number of thiazole rings is 1. The summed E-state index contributed by atoms with van der Waals surface area (Å²) in [4.78, 5) is 24.5. The number of likely N-dealkylation sites (tertiary alicyclic amines) is 1. The number of hydrogen-bond acceptors (Lipinski definition) is 9. The van der Waals surface area contributed by atoms with Gasteiger partial charge in [0.05, 0.1) is 22.6 Å². The van der Waals surface area contributed by atoms with Crippen LogP contribution in [0.4, 0.5) is 10.2 Å². The number of amides is 1. The number of rotatable bonds is 10. The maximum absolute atomic E-state index is 13.8. The van der Waals surface area contributed by atoms with Gasteiger partial charge in [-0.3, -0.25) is 9.69 Å². The maximum atomic E-state index is 13.8. The molecule has 1 aliphatic heterocycles. The molecular formula is C27H40FN5O4S. The van der Waals surface area contributed by atoms with E-state index in [9.17, 15) is 19.4 Å². The van der Waals surface area contributed by atoms with Gasteiger partial charge in [-0.05, 0) is 46.5 Å². The molecule has 1 aliphatic carbocycles. The summed E-state index contributed by atoms with van der Waals surface area (Å²) in [5, 5.41) is 27.7. The lowest BCUT2D eigenvalue weighted by atomic mass is 9.95. The average Bonchev–Trinajstić information content (AvgIpc) is 3.33. The van der Waals surface area contributed by atoms with Gasteiger partial charge >= 0.3 is 0 Å². The minimum Gasteiger partial charge on any atom is -0.493 e. The summed E-state index contributed by atoms with van der Waals surface area (Å²) in [6.45, 7) is 6.37. The van der Waals surface area contributed by atoms with Gasteiger partial charge in [-0.1, -0.05) is 19.3 Å². The summed E-state index contributed by atoms with van der Waals surface area (Å²) in [6, 6.07) is 2.24. The molecule has 1 saturated carbocycles. The van der Waals surface area contributed by atoms with Gasteiger partial charge in [-0.25, -0.2) is 14.4 Å². The lowest BCUT2D eigenvalue weighted by molar-refractivity contribution is -0.0245. The van der Waals surface area contributed by atoms with Crippen LogP contribution >= 0.6 is 11.3 Å². The molecule has 9 nitrogen and oxygen atoms in total. The van der Waals surface area contributed by atoms with Crippen molar-refractivity contribution in [1.29, 1.82) is 0 Å². The summed E-state index contributed by atoms with van der Waals surface area (Å²) in [5.74, 6) is 0.869. The molecule has 2 aromatic rings. The predicted octanol–water partition coefficient (Wildman–Crippen LogP) is 4.27. The minimum atomic E-state index is -1.11. The Morgan fingerprint density at radius 3 is 2.63 bits per heavy atom. The molecule has 3 heterocycles. The number of halogens is 1. The van der Waals surface area contributed by atoms with Gasteiger partial charge < -0.3 is 25.6 Å². The van der Waals surface area contributed by atoms with E-state index in [-0.39, 0.29) is 11.6 Å². The van der Waals surface area contributed by atoms with Crippen molar-refractivity contribution in [2.45, 2.75) is 89.8 Å². The summed E-state index contributed by atoms with van der Waals surface area (Å²) >= 11 is 1.14. The number of aromatic nitrogens is 2. The van der Waals surface area contributed by atoms with Crippen molar-refractivity contribution >= 4 is 23.1 Å². The van der Waals surface area contributed by atoms with Crippen LogP contribution in [0.15, 0.2) is 12.3 Å². The number of ether oxygens (including phenoxy) is 1. The van der Waals surface area contributed by atoms with Crippen LogP contribution in [0.5, 0.6) is 5.75 Å². The molecule has 1 saturated heterocycles.